The van der Waals surface area contributed by atoms with E-state index in [1.807, 2.05) is 30.3 Å². The second-order valence-corrected chi connectivity index (χ2v) is 9.77. The van der Waals surface area contributed by atoms with Crippen molar-refractivity contribution in [3.63, 3.8) is 0 Å². The van der Waals surface area contributed by atoms with Crippen molar-refractivity contribution in [3.8, 4) is 0 Å². The molecule has 2 saturated heterocycles. The normalized spacial score (nSPS) is 30.1. The molecule has 3 amide bonds. The quantitative estimate of drug-likeness (QED) is 0.129. The van der Waals surface area contributed by atoms with Crippen molar-refractivity contribution in [2.24, 2.45) is 16.5 Å². The summed E-state index contributed by atoms with van der Waals surface area (Å²) in [6.45, 7) is -0.164. The predicted octanol–water partition coefficient (Wildman–Crippen LogP) is -2.94. The van der Waals surface area contributed by atoms with Crippen LogP contribution < -0.4 is 27.4 Å². The Kier molecular flexibility index (Phi) is 4.94. The molecule has 13 nitrogen and oxygen atoms in total. The predicted molar refractivity (Wildman–Crippen MR) is 131 cm³/mol. The molecule has 4 aliphatic heterocycles. The van der Waals surface area contributed by atoms with Gasteiger partial charge in [-0.3, -0.25) is 30.3 Å². The van der Waals surface area contributed by atoms with Crippen molar-refractivity contribution in [3.05, 3.63) is 48.0 Å². The number of nitrogens with two attached hydrogens (primary N) is 2. The Bertz CT molecular complexity index is 1400. The highest BCUT2D eigenvalue weighted by atomic mass is 16.5. The van der Waals surface area contributed by atoms with Crippen molar-refractivity contribution in [2.45, 2.75) is 42.4 Å². The molecule has 13 heteroatoms. The first-order valence-electron chi connectivity index (χ1n) is 12.0. The van der Waals surface area contributed by atoms with Crippen LogP contribution in [0.3, 0.4) is 0 Å². The van der Waals surface area contributed by atoms with Gasteiger partial charge in [-0.1, -0.05) is 36.4 Å². The summed E-state index contributed by atoms with van der Waals surface area (Å²) in [6, 6.07) is 9.75. The van der Waals surface area contributed by atoms with Gasteiger partial charge in [0.15, 0.2) is 5.96 Å². The van der Waals surface area contributed by atoms with Crippen LogP contribution in [0.5, 0.6) is 0 Å². The Hall–Kier alpha value is -4.23. The average molecular weight is 508 g/mol. The molecule has 4 heterocycles. The molecule has 2 fully saturated rings. The lowest BCUT2D eigenvalue weighted by atomic mass is 9.85. The zero-order chi connectivity index (χ0) is 26.1. The monoisotopic (exact) mass is 507 g/mol. The van der Waals surface area contributed by atoms with Gasteiger partial charge in [-0.25, -0.2) is 9.57 Å². The number of aliphatic imine (C=N–C) groups is 1. The lowest BCUT2D eigenvalue weighted by molar-refractivity contribution is -0.623. The molecule has 2 aromatic rings. The summed E-state index contributed by atoms with van der Waals surface area (Å²) in [5.41, 5.74) is 11.0. The first kappa shape index (κ1) is 23.2. The van der Waals surface area contributed by atoms with E-state index in [0.29, 0.717) is 5.56 Å². The maximum absolute atomic E-state index is 13.3. The molecule has 9 N–H and O–H groups in total. The lowest BCUT2D eigenvalue weighted by Crippen LogP contribution is -2.79. The van der Waals surface area contributed by atoms with Gasteiger partial charge in [-0.05, 0) is 16.8 Å². The van der Waals surface area contributed by atoms with E-state index in [1.165, 1.54) is 4.58 Å². The van der Waals surface area contributed by atoms with Crippen LogP contribution in [0.4, 0.5) is 0 Å². The van der Waals surface area contributed by atoms with Gasteiger partial charge in [0, 0.05) is 18.4 Å². The van der Waals surface area contributed by atoms with Crippen LogP contribution in [0.1, 0.15) is 23.2 Å². The highest BCUT2D eigenvalue weighted by molar-refractivity contribution is 6.07. The Morgan fingerprint density at radius 3 is 2.59 bits per heavy atom. The summed E-state index contributed by atoms with van der Waals surface area (Å²) in [6.07, 6.45) is 0.227. The Morgan fingerprint density at radius 1 is 1.14 bits per heavy atom. The molecule has 4 aliphatic rings. The zero-order valence-electron chi connectivity index (χ0n) is 19.7. The summed E-state index contributed by atoms with van der Waals surface area (Å²) < 4.78 is 1.47. The number of rotatable bonds is 4. The Morgan fingerprint density at radius 2 is 1.84 bits per heavy atom. The van der Waals surface area contributed by atoms with E-state index >= 15 is 0 Å². The second kappa shape index (κ2) is 7.88. The van der Waals surface area contributed by atoms with Crippen LogP contribution >= 0.6 is 0 Å². The van der Waals surface area contributed by atoms with E-state index in [0.717, 1.165) is 15.7 Å². The minimum absolute atomic E-state index is 0.0622. The first-order chi connectivity index (χ1) is 17.6. The van der Waals surface area contributed by atoms with Gasteiger partial charge < -0.3 is 26.6 Å². The smallest absolute Gasteiger partial charge is 0.346 e. The van der Waals surface area contributed by atoms with E-state index in [4.69, 9.17) is 11.5 Å². The highest BCUT2D eigenvalue weighted by Crippen LogP contribution is 2.41. The molecule has 2 aromatic carbocycles. The summed E-state index contributed by atoms with van der Waals surface area (Å²) in [7, 11) is 0. The topological polar surface area (TPSA) is 198 Å². The number of aliphatic hydroxyl groups is 2. The minimum Gasteiger partial charge on any atom is -0.370 e. The molecular formula is C24H27N8O5+. The third kappa shape index (κ3) is 3.20. The van der Waals surface area contributed by atoms with Gasteiger partial charge in [0.05, 0.1) is 13.1 Å². The molecule has 192 valence electrons. The molecule has 6 rings (SSSR count). The van der Waals surface area contributed by atoms with Crippen LogP contribution in [-0.2, 0) is 9.59 Å². The molecule has 0 radical (unpaired) electrons. The number of imide groups is 1. The van der Waals surface area contributed by atoms with Crippen molar-refractivity contribution in [1.82, 2.24) is 20.9 Å². The molecule has 0 saturated carbocycles. The van der Waals surface area contributed by atoms with Crippen LogP contribution in [0.15, 0.2) is 47.5 Å². The summed E-state index contributed by atoms with van der Waals surface area (Å²) in [5.74, 6) is -3.75. The minimum atomic E-state index is -2.60. The van der Waals surface area contributed by atoms with Gasteiger partial charge in [0.25, 0.3) is 5.91 Å². The molecule has 0 aliphatic carbocycles. The molecule has 0 aromatic heterocycles. The number of carbonyl (C=O) groups excluding carboxylic acids is 3. The van der Waals surface area contributed by atoms with Gasteiger partial charge in [-0.15, -0.1) is 0 Å². The number of carbonyl (C=O) groups is 3. The van der Waals surface area contributed by atoms with E-state index in [1.54, 1.807) is 12.1 Å². The van der Waals surface area contributed by atoms with E-state index in [9.17, 15) is 24.6 Å². The van der Waals surface area contributed by atoms with Crippen molar-refractivity contribution < 1.29 is 29.2 Å². The maximum Gasteiger partial charge on any atom is 0.346 e. The summed E-state index contributed by atoms with van der Waals surface area (Å²) in [5, 5.41) is 33.5. The fourth-order valence-electron chi connectivity index (χ4n) is 5.99. The van der Waals surface area contributed by atoms with Crippen molar-refractivity contribution in [1.29, 1.82) is 0 Å². The number of hydrogen-bond donors (Lipinski definition) is 7. The third-order valence-corrected chi connectivity index (χ3v) is 7.74. The largest absolute Gasteiger partial charge is 0.370 e. The molecule has 0 bridgehead atoms. The third-order valence-electron chi connectivity index (χ3n) is 7.74. The molecule has 37 heavy (non-hydrogen) atoms. The molecular weight excluding hydrogens is 480 g/mol. The van der Waals surface area contributed by atoms with E-state index in [-0.39, 0.29) is 49.7 Å². The molecule has 4 atom stereocenters. The van der Waals surface area contributed by atoms with Gasteiger partial charge in [-0.2, -0.15) is 0 Å². The van der Waals surface area contributed by atoms with Gasteiger partial charge in [0.2, 0.25) is 23.3 Å². The van der Waals surface area contributed by atoms with Crippen LogP contribution in [-0.4, -0.2) is 92.0 Å². The number of nitrogens with zero attached hydrogens (tertiary/aromatic N) is 3. The van der Waals surface area contributed by atoms with E-state index in [2.05, 4.69) is 20.9 Å². The van der Waals surface area contributed by atoms with E-state index < -0.39 is 35.5 Å². The highest BCUT2D eigenvalue weighted by Gasteiger charge is 2.75. The van der Waals surface area contributed by atoms with Crippen LogP contribution in [0, 0.1) is 0 Å². The number of amides is 3. The fraction of sp³-hybridized carbons (Fsp3) is 0.375. The number of guanidine groups is 2. The van der Waals surface area contributed by atoms with Crippen molar-refractivity contribution >= 4 is 40.4 Å². The number of nitrogens with one attached hydrogen (secondary N) is 3. The van der Waals surface area contributed by atoms with Crippen LogP contribution in [0.2, 0.25) is 0 Å². The van der Waals surface area contributed by atoms with Gasteiger partial charge in [0.1, 0.15) is 18.1 Å². The number of hydrogen-bond acceptors (Lipinski definition) is 10. The molecule has 1 unspecified atom stereocenters. The summed E-state index contributed by atoms with van der Waals surface area (Å²) in [4.78, 5) is 43.4. The zero-order valence-corrected chi connectivity index (χ0v) is 19.7. The average Bonchev–Trinajstić information content (AvgIpc) is 3.46. The fourth-order valence-corrected chi connectivity index (χ4v) is 5.99. The van der Waals surface area contributed by atoms with Gasteiger partial charge >= 0.3 is 5.96 Å². The Balaban J connectivity index is 1.34. The SMILES string of the molecule is NC1=N[C@H]2[C@H](CN3C(=O)CCC3=O)NC(N)=[N+]3CC(NC(=O)c4cccc5ccccc45)C(O)(O)[C@]23N1. The summed E-state index contributed by atoms with van der Waals surface area (Å²) >= 11 is 0. The Labute approximate surface area is 210 Å². The number of likely N-dealkylation sites (tertiary alicyclic amines) is 1. The van der Waals surface area contributed by atoms with Crippen LogP contribution in [0.25, 0.3) is 10.8 Å². The first-order valence-corrected chi connectivity index (χ1v) is 12.0. The maximum atomic E-state index is 13.3. The second-order valence-electron chi connectivity index (χ2n) is 9.77. The number of benzene rings is 2. The van der Waals surface area contributed by atoms with Crippen molar-refractivity contribution in [2.75, 3.05) is 13.1 Å². The molecule has 1 spiro atoms. The lowest BCUT2D eigenvalue weighted by Gasteiger charge is -2.44. The standard InChI is InChI=1S/C24H26N8O5/c25-21-29-19-15(10-31-17(33)8-9-18(31)34)27-22(26)32-11-16(24(36,37)23(19,32)30-21)28-20(35)14-7-3-5-12-4-1-2-6-13(12)14/h1-7,15-16,19,36-37H,8-11H2,(H6,25,26,27,28,29,30,35)/p+1/t15-,16?,19-,23-/m0/s1. The number of fused-ring (bicyclic) bond motifs is 1.